The van der Waals surface area contributed by atoms with Crippen molar-refractivity contribution in [3.63, 3.8) is 0 Å². The van der Waals surface area contributed by atoms with Crippen molar-refractivity contribution in [2.75, 3.05) is 13.1 Å². The normalized spacial score (nSPS) is 21.0. The van der Waals surface area contributed by atoms with Crippen molar-refractivity contribution in [2.24, 2.45) is 11.3 Å². The van der Waals surface area contributed by atoms with Gasteiger partial charge in [-0.1, -0.05) is 13.8 Å². The summed E-state index contributed by atoms with van der Waals surface area (Å²) < 4.78 is 0. The molecule has 6 heteroatoms. The van der Waals surface area contributed by atoms with Crippen molar-refractivity contribution in [3.8, 4) is 0 Å². The summed E-state index contributed by atoms with van der Waals surface area (Å²) in [5, 5.41) is 12.9. The van der Waals surface area contributed by atoms with E-state index in [1.807, 2.05) is 13.8 Å². The average molecular weight is 228 g/mol. The summed E-state index contributed by atoms with van der Waals surface area (Å²) in [5.41, 5.74) is 0.0294. The number of carboxylic acid groups (broad SMARTS) is 1. The molecular weight excluding hydrogens is 212 g/mol. The molecule has 2 amide bonds. The second-order valence-corrected chi connectivity index (χ2v) is 4.63. The number of hydrogen-bond donors (Lipinski definition) is 3. The first-order valence-electron chi connectivity index (χ1n) is 5.09. The van der Waals surface area contributed by atoms with Gasteiger partial charge < -0.3 is 15.7 Å². The largest absolute Gasteiger partial charge is 0.480 e. The Morgan fingerprint density at radius 2 is 1.81 bits per heavy atom. The summed E-state index contributed by atoms with van der Waals surface area (Å²) in [7, 11) is 0. The summed E-state index contributed by atoms with van der Waals surface area (Å²) >= 11 is 0. The van der Waals surface area contributed by atoms with Gasteiger partial charge in [0.25, 0.3) is 0 Å². The number of rotatable bonds is 5. The van der Waals surface area contributed by atoms with Crippen LogP contribution in [-0.2, 0) is 14.4 Å². The molecule has 1 atom stereocenters. The third-order valence-electron chi connectivity index (χ3n) is 2.69. The fourth-order valence-electron chi connectivity index (χ4n) is 1.44. The number of nitrogens with one attached hydrogen (secondary N) is 2. The molecule has 3 N–H and O–H groups in total. The third-order valence-corrected chi connectivity index (χ3v) is 2.69. The molecule has 1 aliphatic rings. The lowest BCUT2D eigenvalue weighted by atomic mass is 10.1. The standard InChI is InChI=1S/C10H16N2O4/c1-10(2)3-6(10)9(16)12-4-7(13)11-5-8(14)15/h6H,3-5H2,1-2H3,(H,11,13)(H,12,16)(H,14,15). The molecule has 0 bridgehead atoms. The van der Waals surface area contributed by atoms with Crippen molar-refractivity contribution < 1.29 is 19.5 Å². The molecule has 6 nitrogen and oxygen atoms in total. The van der Waals surface area contributed by atoms with Gasteiger partial charge in [-0.2, -0.15) is 0 Å². The highest BCUT2D eigenvalue weighted by Gasteiger charge is 2.50. The minimum absolute atomic E-state index is 0.0280. The fraction of sp³-hybridized carbons (Fsp3) is 0.700. The van der Waals surface area contributed by atoms with E-state index in [2.05, 4.69) is 10.6 Å². The van der Waals surface area contributed by atoms with Crippen molar-refractivity contribution in [1.82, 2.24) is 10.6 Å². The Balaban J connectivity index is 2.17. The molecule has 0 saturated heterocycles. The van der Waals surface area contributed by atoms with Gasteiger partial charge >= 0.3 is 5.97 Å². The lowest BCUT2D eigenvalue weighted by Crippen LogP contribution is -2.39. The van der Waals surface area contributed by atoms with Gasteiger partial charge in [0.1, 0.15) is 6.54 Å². The van der Waals surface area contributed by atoms with Crippen LogP contribution in [0.15, 0.2) is 0 Å². The highest BCUT2D eigenvalue weighted by molar-refractivity contribution is 5.88. The average Bonchev–Trinajstić information content (AvgIpc) is 2.81. The second-order valence-electron chi connectivity index (χ2n) is 4.63. The molecule has 1 fully saturated rings. The Morgan fingerprint density at radius 1 is 1.25 bits per heavy atom. The Bertz CT molecular complexity index is 325. The van der Waals surface area contributed by atoms with E-state index in [1.54, 1.807) is 0 Å². The SMILES string of the molecule is CC1(C)CC1C(=O)NCC(=O)NCC(=O)O. The molecule has 0 radical (unpaired) electrons. The van der Waals surface area contributed by atoms with Gasteiger partial charge in [0, 0.05) is 5.92 Å². The number of aliphatic carboxylic acids is 1. The van der Waals surface area contributed by atoms with Crippen LogP contribution in [0.1, 0.15) is 20.3 Å². The number of carboxylic acids is 1. The molecule has 1 unspecified atom stereocenters. The monoisotopic (exact) mass is 228 g/mol. The van der Waals surface area contributed by atoms with Gasteiger partial charge in [0.2, 0.25) is 11.8 Å². The summed E-state index contributed by atoms with van der Waals surface area (Å²) in [4.78, 5) is 32.7. The maximum Gasteiger partial charge on any atom is 0.322 e. The Hall–Kier alpha value is -1.59. The van der Waals surface area contributed by atoms with Gasteiger partial charge in [-0.25, -0.2) is 0 Å². The highest BCUT2D eigenvalue weighted by Crippen LogP contribution is 2.51. The fourth-order valence-corrected chi connectivity index (χ4v) is 1.44. The molecule has 0 aromatic carbocycles. The maximum absolute atomic E-state index is 11.5. The first-order valence-corrected chi connectivity index (χ1v) is 5.09. The predicted octanol–water partition coefficient (Wildman–Crippen LogP) is -0.650. The van der Waals surface area contributed by atoms with E-state index in [0.717, 1.165) is 6.42 Å². The van der Waals surface area contributed by atoms with E-state index in [4.69, 9.17) is 5.11 Å². The molecule has 1 aliphatic carbocycles. The molecule has 90 valence electrons. The number of amides is 2. The van der Waals surface area contributed by atoms with Crippen LogP contribution in [0.25, 0.3) is 0 Å². The smallest absolute Gasteiger partial charge is 0.322 e. The third kappa shape index (κ3) is 3.52. The van der Waals surface area contributed by atoms with Crippen LogP contribution in [0.3, 0.4) is 0 Å². The van der Waals surface area contributed by atoms with E-state index in [9.17, 15) is 14.4 Å². The lowest BCUT2D eigenvalue weighted by Gasteiger charge is -2.06. The minimum Gasteiger partial charge on any atom is -0.480 e. The van der Waals surface area contributed by atoms with Crippen molar-refractivity contribution in [3.05, 3.63) is 0 Å². The first-order chi connectivity index (χ1) is 7.33. The van der Waals surface area contributed by atoms with Crippen LogP contribution in [-0.4, -0.2) is 36.0 Å². The molecule has 16 heavy (non-hydrogen) atoms. The molecule has 0 aromatic rings. The van der Waals surface area contributed by atoms with Crippen molar-refractivity contribution in [1.29, 1.82) is 0 Å². The molecule has 1 rings (SSSR count). The molecular formula is C10H16N2O4. The van der Waals surface area contributed by atoms with Gasteiger partial charge in [-0.15, -0.1) is 0 Å². The minimum atomic E-state index is -1.11. The van der Waals surface area contributed by atoms with E-state index in [1.165, 1.54) is 0 Å². The summed E-state index contributed by atoms with van der Waals surface area (Å²) in [5.74, 6) is -1.77. The summed E-state index contributed by atoms with van der Waals surface area (Å²) in [6.45, 7) is 3.38. The quantitative estimate of drug-likeness (QED) is 0.582. The Labute approximate surface area is 93.4 Å². The van der Waals surface area contributed by atoms with Gasteiger partial charge in [-0.3, -0.25) is 14.4 Å². The van der Waals surface area contributed by atoms with Crippen LogP contribution in [0.2, 0.25) is 0 Å². The van der Waals surface area contributed by atoms with Gasteiger partial charge in [-0.05, 0) is 11.8 Å². The van der Waals surface area contributed by atoms with Crippen LogP contribution in [0, 0.1) is 11.3 Å². The zero-order chi connectivity index (χ0) is 12.3. The van der Waals surface area contributed by atoms with E-state index < -0.39 is 18.4 Å². The number of carbonyl (C=O) groups excluding carboxylic acids is 2. The number of carbonyl (C=O) groups is 3. The van der Waals surface area contributed by atoms with Crippen molar-refractivity contribution in [2.45, 2.75) is 20.3 Å². The van der Waals surface area contributed by atoms with Gasteiger partial charge in [0.15, 0.2) is 0 Å². The molecule has 1 saturated carbocycles. The van der Waals surface area contributed by atoms with Crippen LogP contribution >= 0.6 is 0 Å². The van der Waals surface area contributed by atoms with E-state index >= 15 is 0 Å². The zero-order valence-corrected chi connectivity index (χ0v) is 9.37. The lowest BCUT2D eigenvalue weighted by molar-refractivity contribution is -0.137. The maximum atomic E-state index is 11.5. The number of hydrogen-bond acceptors (Lipinski definition) is 3. The predicted molar refractivity (Wildman–Crippen MR) is 55.5 cm³/mol. The Kier molecular flexibility index (Phi) is 3.51. The van der Waals surface area contributed by atoms with Crippen LogP contribution < -0.4 is 10.6 Å². The molecule has 0 aromatic heterocycles. The summed E-state index contributed by atoms with van der Waals surface area (Å²) in [6.07, 6.45) is 0.829. The van der Waals surface area contributed by atoms with E-state index in [-0.39, 0.29) is 23.8 Å². The zero-order valence-electron chi connectivity index (χ0n) is 9.37. The van der Waals surface area contributed by atoms with Crippen molar-refractivity contribution >= 4 is 17.8 Å². The first kappa shape index (κ1) is 12.5. The van der Waals surface area contributed by atoms with Crippen LogP contribution in [0.5, 0.6) is 0 Å². The topological polar surface area (TPSA) is 95.5 Å². The molecule has 0 heterocycles. The van der Waals surface area contributed by atoms with Crippen LogP contribution in [0.4, 0.5) is 0 Å². The molecule has 0 spiro atoms. The molecule has 0 aliphatic heterocycles. The Morgan fingerprint density at radius 3 is 2.25 bits per heavy atom. The van der Waals surface area contributed by atoms with Gasteiger partial charge in [0.05, 0.1) is 6.54 Å². The highest BCUT2D eigenvalue weighted by atomic mass is 16.4. The van der Waals surface area contributed by atoms with E-state index in [0.29, 0.717) is 0 Å². The second kappa shape index (κ2) is 4.51. The summed E-state index contributed by atoms with van der Waals surface area (Å²) in [6, 6.07) is 0.